The summed E-state index contributed by atoms with van der Waals surface area (Å²) in [6.07, 6.45) is 2.87. The molecule has 0 unspecified atom stereocenters. The summed E-state index contributed by atoms with van der Waals surface area (Å²) < 4.78 is 25.1. The molecule has 17 heavy (non-hydrogen) atoms. The molecule has 0 aliphatic carbocycles. The SMILES string of the molecule is CC(C)c1ccc(S(=O)(=O)n2cccn2)cc1. The van der Waals surface area contributed by atoms with Crippen LogP contribution in [-0.4, -0.2) is 17.6 Å². The maximum atomic E-state index is 12.1. The van der Waals surface area contributed by atoms with E-state index in [9.17, 15) is 8.42 Å². The number of nitrogens with zero attached hydrogens (tertiary/aromatic N) is 2. The Labute approximate surface area is 101 Å². The van der Waals surface area contributed by atoms with Gasteiger partial charge in [0.25, 0.3) is 10.0 Å². The van der Waals surface area contributed by atoms with Gasteiger partial charge >= 0.3 is 0 Å². The number of rotatable bonds is 3. The van der Waals surface area contributed by atoms with Gasteiger partial charge in [0.05, 0.1) is 11.1 Å². The second-order valence-corrected chi connectivity index (χ2v) is 5.90. The summed E-state index contributed by atoms with van der Waals surface area (Å²) in [6, 6.07) is 8.49. The second kappa shape index (κ2) is 4.33. The van der Waals surface area contributed by atoms with Gasteiger partial charge in [0, 0.05) is 6.20 Å². The van der Waals surface area contributed by atoms with Gasteiger partial charge in [-0.25, -0.2) is 0 Å². The molecule has 0 atom stereocenters. The molecule has 1 heterocycles. The Morgan fingerprint density at radius 1 is 1.18 bits per heavy atom. The summed E-state index contributed by atoms with van der Waals surface area (Å²) in [6.45, 7) is 4.13. The summed E-state index contributed by atoms with van der Waals surface area (Å²) in [7, 11) is -3.53. The molecule has 1 aromatic heterocycles. The van der Waals surface area contributed by atoms with Gasteiger partial charge in [0.15, 0.2) is 0 Å². The normalized spacial score (nSPS) is 11.9. The highest BCUT2D eigenvalue weighted by Crippen LogP contribution is 2.18. The van der Waals surface area contributed by atoms with E-state index in [1.807, 2.05) is 12.1 Å². The highest BCUT2D eigenvalue weighted by atomic mass is 32.2. The van der Waals surface area contributed by atoms with Crippen molar-refractivity contribution in [3.63, 3.8) is 0 Å². The molecule has 0 bridgehead atoms. The fraction of sp³-hybridized carbons (Fsp3) is 0.250. The topological polar surface area (TPSA) is 52.0 Å². The van der Waals surface area contributed by atoms with Crippen LogP contribution in [0.4, 0.5) is 0 Å². The standard InChI is InChI=1S/C12H14N2O2S/c1-10(2)11-4-6-12(7-5-11)17(15,16)14-9-3-8-13-14/h3-10H,1-2H3. The predicted octanol–water partition coefficient (Wildman–Crippen LogP) is 2.24. The van der Waals surface area contributed by atoms with Crippen molar-refractivity contribution in [1.82, 2.24) is 9.19 Å². The Kier molecular flexibility index (Phi) is 3.02. The second-order valence-electron chi connectivity index (χ2n) is 4.11. The molecule has 4 nitrogen and oxygen atoms in total. The lowest BCUT2D eigenvalue weighted by atomic mass is 10.0. The van der Waals surface area contributed by atoms with Crippen LogP contribution < -0.4 is 0 Å². The van der Waals surface area contributed by atoms with Crippen LogP contribution in [0, 0.1) is 0 Å². The lowest BCUT2D eigenvalue weighted by molar-refractivity contribution is 0.580. The van der Waals surface area contributed by atoms with E-state index in [2.05, 4.69) is 18.9 Å². The highest BCUT2D eigenvalue weighted by molar-refractivity contribution is 7.89. The van der Waals surface area contributed by atoms with Gasteiger partial charge in [-0.15, -0.1) is 0 Å². The summed E-state index contributed by atoms with van der Waals surface area (Å²) >= 11 is 0. The molecule has 90 valence electrons. The first-order valence-electron chi connectivity index (χ1n) is 5.37. The molecular weight excluding hydrogens is 236 g/mol. The van der Waals surface area contributed by atoms with Crippen LogP contribution in [-0.2, 0) is 10.0 Å². The molecular formula is C12H14N2O2S. The Morgan fingerprint density at radius 3 is 2.29 bits per heavy atom. The zero-order valence-electron chi connectivity index (χ0n) is 9.74. The Hall–Kier alpha value is -1.62. The van der Waals surface area contributed by atoms with E-state index < -0.39 is 10.0 Å². The van der Waals surface area contributed by atoms with Gasteiger partial charge in [0.1, 0.15) is 0 Å². The lowest BCUT2D eigenvalue weighted by Crippen LogP contribution is -2.13. The first kappa shape index (κ1) is 11.9. The predicted molar refractivity (Wildman–Crippen MR) is 65.3 cm³/mol. The van der Waals surface area contributed by atoms with Crippen LogP contribution in [0.1, 0.15) is 25.3 Å². The minimum absolute atomic E-state index is 0.255. The van der Waals surface area contributed by atoms with E-state index in [1.165, 1.54) is 12.4 Å². The zero-order chi connectivity index (χ0) is 12.5. The smallest absolute Gasteiger partial charge is 0.199 e. The third-order valence-electron chi connectivity index (χ3n) is 2.57. The van der Waals surface area contributed by atoms with Gasteiger partial charge in [-0.3, -0.25) is 0 Å². The van der Waals surface area contributed by atoms with Crippen LogP contribution in [0.5, 0.6) is 0 Å². The van der Waals surface area contributed by atoms with E-state index in [0.717, 1.165) is 9.65 Å². The molecule has 0 saturated carbocycles. The molecule has 2 aromatic rings. The zero-order valence-corrected chi connectivity index (χ0v) is 10.6. The van der Waals surface area contributed by atoms with Gasteiger partial charge in [-0.1, -0.05) is 26.0 Å². The van der Waals surface area contributed by atoms with E-state index in [0.29, 0.717) is 5.92 Å². The molecule has 0 saturated heterocycles. The average Bonchev–Trinajstić information content (AvgIpc) is 2.83. The third-order valence-corrected chi connectivity index (χ3v) is 4.15. The summed E-state index contributed by atoms with van der Waals surface area (Å²) in [5, 5.41) is 3.75. The van der Waals surface area contributed by atoms with E-state index in [1.54, 1.807) is 18.2 Å². The first-order valence-corrected chi connectivity index (χ1v) is 6.81. The van der Waals surface area contributed by atoms with Crippen molar-refractivity contribution >= 4 is 10.0 Å². The average molecular weight is 250 g/mol. The molecule has 0 radical (unpaired) electrons. The molecule has 0 fully saturated rings. The van der Waals surface area contributed by atoms with Gasteiger partial charge in [0.2, 0.25) is 0 Å². The fourth-order valence-corrected chi connectivity index (χ4v) is 2.63. The minimum Gasteiger partial charge on any atom is -0.199 e. The maximum absolute atomic E-state index is 12.1. The molecule has 0 aliphatic rings. The Morgan fingerprint density at radius 2 is 1.82 bits per heavy atom. The molecule has 2 rings (SSSR count). The maximum Gasteiger partial charge on any atom is 0.282 e. The molecule has 0 amide bonds. The molecule has 1 aromatic carbocycles. The van der Waals surface area contributed by atoms with Gasteiger partial charge < -0.3 is 0 Å². The van der Waals surface area contributed by atoms with E-state index >= 15 is 0 Å². The van der Waals surface area contributed by atoms with E-state index in [-0.39, 0.29) is 4.90 Å². The number of benzene rings is 1. The van der Waals surface area contributed by atoms with Crippen molar-refractivity contribution in [2.75, 3.05) is 0 Å². The molecule has 5 heteroatoms. The highest BCUT2D eigenvalue weighted by Gasteiger charge is 2.16. The Bertz CT molecular complexity index is 584. The number of aromatic nitrogens is 2. The van der Waals surface area contributed by atoms with Crippen LogP contribution >= 0.6 is 0 Å². The Balaban J connectivity index is 2.42. The van der Waals surface area contributed by atoms with Crippen molar-refractivity contribution in [2.45, 2.75) is 24.7 Å². The summed E-state index contributed by atoms with van der Waals surface area (Å²) in [5.41, 5.74) is 1.12. The first-order chi connectivity index (χ1) is 8.01. The van der Waals surface area contributed by atoms with Crippen molar-refractivity contribution in [2.24, 2.45) is 0 Å². The van der Waals surface area contributed by atoms with Gasteiger partial charge in [-0.05, 0) is 29.7 Å². The summed E-state index contributed by atoms with van der Waals surface area (Å²) in [5.74, 6) is 0.386. The summed E-state index contributed by atoms with van der Waals surface area (Å²) in [4.78, 5) is 0.255. The van der Waals surface area contributed by atoms with E-state index in [4.69, 9.17) is 0 Å². The van der Waals surface area contributed by atoms with Gasteiger partial charge in [-0.2, -0.15) is 17.6 Å². The number of hydrogen-bond donors (Lipinski definition) is 0. The largest absolute Gasteiger partial charge is 0.282 e. The van der Waals surface area contributed by atoms with Crippen molar-refractivity contribution in [1.29, 1.82) is 0 Å². The quantitative estimate of drug-likeness (QED) is 0.839. The lowest BCUT2D eigenvalue weighted by Gasteiger charge is -2.07. The van der Waals surface area contributed by atoms with Crippen LogP contribution in [0.15, 0.2) is 47.6 Å². The molecule has 0 spiro atoms. The molecule has 0 N–H and O–H groups in total. The third kappa shape index (κ3) is 2.24. The van der Waals surface area contributed by atoms with Crippen molar-refractivity contribution in [3.8, 4) is 0 Å². The molecule has 0 aliphatic heterocycles. The van der Waals surface area contributed by atoms with Crippen molar-refractivity contribution in [3.05, 3.63) is 48.3 Å². The fourth-order valence-electron chi connectivity index (χ4n) is 1.53. The van der Waals surface area contributed by atoms with Crippen LogP contribution in [0.3, 0.4) is 0 Å². The van der Waals surface area contributed by atoms with Crippen LogP contribution in [0.25, 0.3) is 0 Å². The monoisotopic (exact) mass is 250 g/mol. The van der Waals surface area contributed by atoms with Crippen molar-refractivity contribution < 1.29 is 8.42 Å². The van der Waals surface area contributed by atoms with Crippen LogP contribution in [0.2, 0.25) is 0 Å². The minimum atomic E-state index is -3.53. The number of hydrogen-bond acceptors (Lipinski definition) is 3.